The summed E-state index contributed by atoms with van der Waals surface area (Å²) < 4.78 is 13.4. The lowest BCUT2D eigenvalue weighted by Crippen LogP contribution is -2.40. The number of aromatic nitrogens is 1. The van der Waals surface area contributed by atoms with Gasteiger partial charge in [-0.15, -0.1) is 0 Å². The number of hydrogen-bond acceptors (Lipinski definition) is 6. The second kappa shape index (κ2) is 11.1. The van der Waals surface area contributed by atoms with Gasteiger partial charge in [0.25, 0.3) is 11.5 Å². The minimum atomic E-state index is -0.693. The molecule has 6 rings (SSSR count). The van der Waals surface area contributed by atoms with Crippen LogP contribution in [0.1, 0.15) is 24.3 Å². The highest BCUT2D eigenvalue weighted by Crippen LogP contribution is 2.32. The number of furan rings is 1. The van der Waals surface area contributed by atoms with Crippen molar-refractivity contribution in [1.29, 1.82) is 0 Å². The number of nitrogens with zero attached hydrogens (tertiary/aromatic N) is 2. The first-order valence-electron chi connectivity index (χ1n) is 12.8. The molecule has 5 aromatic rings. The maximum absolute atomic E-state index is 13.9. The first-order chi connectivity index (χ1) is 19.9. The molecule has 1 N–H and O–H groups in total. The van der Waals surface area contributed by atoms with Gasteiger partial charge in [-0.2, -0.15) is 0 Å². The number of nitrogens with one attached hydrogen (secondary N) is 1. The van der Waals surface area contributed by atoms with Crippen LogP contribution in [0.15, 0.2) is 116 Å². The van der Waals surface area contributed by atoms with E-state index in [0.29, 0.717) is 48.6 Å². The SMILES string of the molecule is COc1ccc([C@H]2C(C(=O)Nc3ccccc3)=C(C)N=c3s/c(=C/c4ccc(-c5cccc(Cl)c5)o4)c(=O)n32)cc1. The van der Waals surface area contributed by atoms with Crippen LogP contribution < -0.4 is 24.9 Å². The molecule has 0 spiro atoms. The fourth-order valence-corrected chi connectivity index (χ4v) is 6.01. The lowest BCUT2D eigenvalue weighted by atomic mass is 9.95. The summed E-state index contributed by atoms with van der Waals surface area (Å²) in [6.07, 6.45) is 1.70. The van der Waals surface area contributed by atoms with Gasteiger partial charge < -0.3 is 14.5 Å². The lowest BCUT2D eigenvalue weighted by molar-refractivity contribution is -0.113. The molecule has 0 fully saturated rings. The van der Waals surface area contributed by atoms with Gasteiger partial charge in [0, 0.05) is 22.3 Å². The predicted octanol–water partition coefficient (Wildman–Crippen LogP) is 5.80. The summed E-state index contributed by atoms with van der Waals surface area (Å²) in [5.74, 6) is 1.50. The normalized spacial score (nSPS) is 14.9. The molecular weight excluding hydrogens is 558 g/mol. The van der Waals surface area contributed by atoms with Gasteiger partial charge in [-0.25, -0.2) is 4.99 Å². The van der Waals surface area contributed by atoms with Crippen molar-refractivity contribution >= 4 is 40.6 Å². The minimum absolute atomic E-state index is 0.271. The Labute approximate surface area is 244 Å². The number of methoxy groups -OCH3 is 1. The summed E-state index contributed by atoms with van der Waals surface area (Å²) in [7, 11) is 1.59. The molecule has 41 heavy (non-hydrogen) atoms. The molecule has 3 heterocycles. The van der Waals surface area contributed by atoms with Crippen molar-refractivity contribution in [2.45, 2.75) is 13.0 Å². The Balaban J connectivity index is 1.45. The first-order valence-corrected chi connectivity index (χ1v) is 14.0. The Morgan fingerprint density at radius 1 is 1.05 bits per heavy atom. The molecule has 2 aromatic heterocycles. The minimum Gasteiger partial charge on any atom is -0.497 e. The zero-order chi connectivity index (χ0) is 28.5. The average molecular weight is 582 g/mol. The van der Waals surface area contributed by atoms with Crippen LogP contribution in [0.25, 0.3) is 17.4 Å². The van der Waals surface area contributed by atoms with E-state index >= 15 is 0 Å². The number of thiazole rings is 1. The van der Waals surface area contributed by atoms with Crippen LogP contribution in [0.2, 0.25) is 5.02 Å². The molecule has 1 atom stereocenters. The summed E-state index contributed by atoms with van der Waals surface area (Å²) in [6, 6.07) is 26.9. The Hall–Kier alpha value is -4.66. The smallest absolute Gasteiger partial charge is 0.271 e. The third kappa shape index (κ3) is 5.27. The van der Waals surface area contributed by atoms with E-state index in [0.717, 1.165) is 11.1 Å². The second-order valence-electron chi connectivity index (χ2n) is 9.39. The van der Waals surface area contributed by atoms with Crippen LogP contribution in [0.3, 0.4) is 0 Å². The van der Waals surface area contributed by atoms with Crippen LogP contribution >= 0.6 is 22.9 Å². The predicted molar refractivity (Wildman–Crippen MR) is 161 cm³/mol. The molecule has 0 radical (unpaired) electrons. The van der Waals surface area contributed by atoms with E-state index < -0.39 is 6.04 Å². The topological polar surface area (TPSA) is 85.8 Å². The number of rotatable bonds is 6. The monoisotopic (exact) mass is 581 g/mol. The van der Waals surface area contributed by atoms with E-state index in [4.69, 9.17) is 25.7 Å². The van der Waals surface area contributed by atoms with E-state index in [1.807, 2.05) is 78.9 Å². The Kier molecular flexibility index (Phi) is 7.17. The van der Waals surface area contributed by atoms with Gasteiger partial charge in [-0.05, 0) is 61.0 Å². The molecule has 204 valence electrons. The number of carbonyl (C=O) groups excluding carboxylic acids is 1. The van der Waals surface area contributed by atoms with Gasteiger partial charge in [0.15, 0.2) is 4.80 Å². The molecule has 1 aliphatic rings. The highest BCUT2D eigenvalue weighted by molar-refractivity contribution is 7.07. The molecule has 0 aliphatic carbocycles. The van der Waals surface area contributed by atoms with Crippen molar-refractivity contribution < 1.29 is 13.9 Å². The van der Waals surface area contributed by atoms with Crippen molar-refractivity contribution in [3.05, 3.63) is 138 Å². The lowest BCUT2D eigenvalue weighted by Gasteiger charge is -2.25. The molecular formula is C32H24ClN3O4S. The van der Waals surface area contributed by atoms with Gasteiger partial charge in [-0.1, -0.05) is 65.4 Å². The molecule has 0 saturated carbocycles. The number of benzene rings is 3. The molecule has 0 bridgehead atoms. The number of ether oxygens (including phenoxy) is 1. The quantitative estimate of drug-likeness (QED) is 0.275. The summed E-state index contributed by atoms with van der Waals surface area (Å²) in [5.41, 5.74) is 2.90. The molecule has 7 nitrogen and oxygen atoms in total. The molecule has 9 heteroatoms. The van der Waals surface area contributed by atoms with Crippen LogP contribution in [0.4, 0.5) is 5.69 Å². The summed E-state index contributed by atoms with van der Waals surface area (Å²) in [5, 5.41) is 3.56. The number of halogens is 1. The molecule has 3 aromatic carbocycles. The van der Waals surface area contributed by atoms with Gasteiger partial charge in [-0.3, -0.25) is 14.2 Å². The Morgan fingerprint density at radius 2 is 1.83 bits per heavy atom. The van der Waals surface area contributed by atoms with E-state index in [1.54, 1.807) is 36.8 Å². The molecule has 0 unspecified atom stereocenters. The van der Waals surface area contributed by atoms with E-state index in [9.17, 15) is 9.59 Å². The average Bonchev–Trinajstić information content (AvgIpc) is 3.57. The number of amides is 1. The zero-order valence-corrected chi connectivity index (χ0v) is 23.7. The fraction of sp³-hybridized carbons (Fsp3) is 0.0938. The molecule has 1 amide bonds. The Bertz CT molecular complexity index is 1970. The number of para-hydroxylation sites is 1. The first kappa shape index (κ1) is 26.6. The van der Waals surface area contributed by atoms with E-state index in [-0.39, 0.29) is 11.5 Å². The van der Waals surface area contributed by atoms with Crippen molar-refractivity contribution in [3.63, 3.8) is 0 Å². The van der Waals surface area contributed by atoms with Crippen molar-refractivity contribution in [2.75, 3.05) is 12.4 Å². The maximum atomic E-state index is 13.9. The third-order valence-corrected chi connectivity index (χ3v) is 7.96. The molecule has 0 saturated heterocycles. The van der Waals surface area contributed by atoms with Crippen LogP contribution in [-0.2, 0) is 4.79 Å². The van der Waals surface area contributed by atoms with Crippen LogP contribution in [0.5, 0.6) is 5.75 Å². The largest absolute Gasteiger partial charge is 0.497 e. The summed E-state index contributed by atoms with van der Waals surface area (Å²) >= 11 is 7.39. The van der Waals surface area contributed by atoms with E-state index in [2.05, 4.69) is 5.32 Å². The van der Waals surface area contributed by atoms with Crippen molar-refractivity contribution in [1.82, 2.24) is 4.57 Å². The van der Waals surface area contributed by atoms with Crippen molar-refractivity contribution in [3.8, 4) is 17.1 Å². The van der Waals surface area contributed by atoms with Gasteiger partial charge in [0.2, 0.25) is 0 Å². The third-order valence-electron chi connectivity index (χ3n) is 6.74. The Morgan fingerprint density at radius 3 is 2.56 bits per heavy atom. The number of carbonyl (C=O) groups is 1. The van der Waals surface area contributed by atoms with E-state index in [1.165, 1.54) is 11.3 Å². The number of allylic oxidation sites excluding steroid dienone is 1. The van der Waals surface area contributed by atoms with Gasteiger partial charge in [0.05, 0.1) is 29.0 Å². The van der Waals surface area contributed by atoms with Crippen molar-refractivity contribution in [2.24, 2.45) is 4.99 Å². The fourth-order valence-electron chi connectivity index (χ4n) is 4.79. The van der Waals surface area contributed by atoms with Crippen LogP contribution in [-0.4, -0.2) is 17.6 Å². The van der Waals surface area contributed by atoms with Gasteiger partial charge >= 0.3 is 0 Å². The molecule has 1 aliphatic heterocycles. The highest BCUT2D eigenvalue weighted by atomic mass is 35.5. The zero-order valence-electron chi connectivity index (χ0n) is 22.1. The number of anilines is 1. The number of fused-ring (bicyclic) bond motifs is 1. The highest BCUT2D eigenvalue weighted by Gasteiger charge is 2.32. The number of hydrogen-bond donors (Lipinski definition) is 1. The van der Waals surface area contributed by atoms with Gasteiger partial charge in [0.1, 0.15) is 17.3 Å². The second-order valence-corrected chi connectivity index (χ2v) is 10.8. The summed E-state index contributed by atoms with van der Waals surface area (Å²) in [6.45, 7) is 1.79. The summed E-state index contributed by atoms with van der Waals surface area (Å²) in [4.78, 5) is 32.8. The van der Waals surface area contributed by atoms with Crippen LogP contribution in [0, 0.1) is 0 Å². The standard InChI is InChI=1S/C32H24ClN3O4S/c1-19-28(30(37)35-23-9-4-3-5-10-23)29(20-11-13-24(39-2)14-12-20)36-31(38)27(41-32(36)34-19)18-25-15-16-26(40-25)21-7-6-8-22(33)17-21/h3-18,29H,1-2H3,(H,35,37)/b27-18+/t29-/m0/s1. The maximum Gasteiger partial charge on any atom is 0.271 e.